The summed E-state index contributed by atoms with van der Waals surface area (Å²) < 4.78 is 47.1. The number of methoxy groups -OCH3 is 1. The van der Waals surface area contributed by atoms with Crippen molar-refractivity contribution in [3.63, 3.8) is 0 Å². The van der Waals surface area contributed by atoms with Crippen molar-refractivity contribution in [3.8, 4) is 11.4 Å². The second kappa shape index (κ2) is 13.3. The Morgan fingerprint density at radius 1 is 0.956 bits per heavy atom. The van der Waals surface area contributed by atoms with Gasteiger partial charge in [0.2, 0.25) is 0 Å². The van der Waals surface area contributed by atoms with Crippen LogP contribution in [0.1, 0.15) is 32.4 Å². The molecule has 1 aliphatic rings. The van der Waals surface area contributed by atoms with Crippen molar-refractivity contribution in [2.45, 2.75) is 23.5 Å². The molecule has 1 aliphatic heterocycles. The molecular weight excluding hydrogens is 622 g/mol. The summed E-state index contributed by atoms with van der Waals surface area (Å²) in [4.78, 5) is 21.4. The third kappa shape index (κ3) is 6.99. The first-order valence-electron chi connectivity index (χ1n) is 14.2. The summed E-state index contributed by atoms with van der Waals surface area (Å²) in [5, 5.41) is 12.2. The zero-order valence-corrected chi connectivity index (χ0v) is 25.9. The van der Waals surface area contributed by atoms with Crippen LogP contribution in [0.4, 0.5) is 18.9 Å². The van der Waals surface area contributed by atoms with E-state index in [0.717, 1.165) is 34.2 Å². The number of alkyl halides is 3. The molecule has 0 aliphatic carbocycles. The van der Waals surface area contributed by atoms with Crippen LogP contribution in [-0.2, 0) is 18.3 Å². The number of anilines is 1. The highest BCUT2D eigenvalue weighted by atomic mass is 32.2. The van der Waals surface area contributed by atoms with E-state index in [2.05, 4.69) is 15.2 Å². The van der Waals surface area contributed by atoms with Crippen molar-refractivity contribution >= 4 is 34.7 Å². The number of carbonyl (C=O) groups excluding carboxylic acids is 1. The number of amides is 1. The Balaban J connectivity index is 1.12. The molecule has 1 amide bonds. The number of halogens is 3. The van der Waals surface area contributed by atoms with Crippen LogP contribution in [0.15, 0.2) is 89.4 Å². The van der Waals surface area contributed by atoms with Crippen LogP contribution in [0.25, 0.3) is 5.69 Å². The first-order chi connectivity index (χ1) is 21.8. The molecule has 3 aromatic carbocycles. The maximum Gasteiger partial charge on any atom is 0.416 e. The second-order valence-corrected chi connectivity index (χ2v) is 12.2. The zero-order valence-electron chi connectivity index (χ0n) is 24.3. The van der Waals surface area contributed by atoms with Crippen molar-refractivity contribution in [2.24, 2.45) is 0 Å². The summed E-state index contributed by atoms with van der Waals surface area (Å²) >= 11 is 2.88. The van der Waals surface area contributed by atoms with Gasteiger partial charge in [-0.3, -0.25) is 9.36 Å². The number of para-hydroxylation sites is 2. The first-order valence-corrected chi connectivity index (χ1v) is 16.1. The third-order valence-corrected chi connectivity index (χ3v) is 9.40. The summed E-state index contributed by atoms with van der Waals surface area (Å²) in [6.07, 6.45) is -3.81. The summed E-state index contributed by atoms with van der Waals surface area (Å²) in [5.74, 6) is 1.77. The molecule has 1 fully saturated rings. The summed E-state index contributed by atoms with van der Waals surface area (Å²) in [6.45, 7) is 1.65. The Bertz CT molecular complexity index is 1770. The smallest absolute Gasteiger partial charge is 0.416 e. The Morgan fingerprint density at radius 2 is 1.71 bits per heavy atom. The first kappa shape index (κ1) is 30.7. The molecule has 0 saturated carbocycles. The van der Waals surface area contributed by atoms with E-state index in [1.807, 2.05) is 64.1 Å². The maximum atomic E-state index is 13.3. The highest BCUT2D eigenvalue weighted by molar-refractivity contribution is 7.98. The fraction of sp³-hybridized carbons (Fsp3) is 0.250. The van der Waals surface area contributed by atoms with Gasteiger partial charge in [-0.1, -0.05) is 60.3 Å². The molecule has 8 nitrogen and oxygen atoms in total. The Kier molecular flexibility index (Phi) is 9.08. The lowest BCUT2D eigenvalue weighted by Gasteiger charge is -2.36. The minimum atomic E-state index is -4.40. The highest BCUT2D eigenvalue weighted by Gasteiger charge is 2.31. The number of benzene rings is 3. The Morgan fingerprint density at radius 3 is 2.47 bits per heavy atom. The van der Waals surface area contributed by atoms with Gasteiger partial charge in [-0.25, -0.2) is 4.98 Å². The normalized spacial score (nSPS) is 13.7. The SMILES string of the molecule is COc1ccccc1-n1c(Cc2ccccc2)nnc1SCc1nc(C(=O)N2CCN(c3cccc(C(F)(F)F)c3)CC2)cs1. The Hall–Kier alpha value is -4.36. The lowest BCUT2D eigenvalue weighted by atomic mass is 10.1. The van der Waals surface area contributed by atoms with Crippen LogP contribution in [0.2, 0.25) is 0 Å². The molecule has 3 heterocycles. The summed E-state index contributed by atoms with van der Waals surface area (Å²) in [6, 6.07) is 23.1. The number of hydrogen-bond donors (Lipinski definition) is 0. The molecule has 0 spiro atoms. The van der Waals surface area contributed by atoms with Gasteiger partial charge >= 0.3 is 6.18 Å². The zero-order chi connectivity index (χ0) is 31.4. The molecule has 1 saturated heterocycles. The number of piperazine rings is 1. The van der Waals surface area contributed by atoms with Gasteiger partial charge in [-0.15, -0.1) is 21.5 Å². The van der Waals surface area contributed by atoms with Crippen LogP contribution in [-0.4, -0.2) is 63.8 Å². The minimum absolute atomic E-state index is 0.187. The molecule has 2 aromatic heterocycles. The number of aromatic nitrogens is 4. The van der Waals surface area contributed by atoms with Gasteiger partial charge in [0, 0.05) is 43.7 Å². The monoisotopic (exact) mass is 650 g/mol. The van der Waals surface area contributed by atoms with Gasteiger partial charge < -0.3 is 14.5 Å². The van der Waals surface area contributed by atoms with E-state index < -0.39 is 11.7 Å². The lowest BCUT2D eigenvalue weighted by Crippen LogP contribution is -2.49. The van der Waals surface area contributed by atoms with Gasteiger partial charge in [0.05, 0.1) is 24.1 Å². The summed E-state index contributed by atoms with van der Waals surface area (Å²) in [7, 11) is 1.63. The van der Waals surface area contributed by atoms with Crippen molar-refractivity contribution in [2.75, 3.05) is 38.2 Å². The fourth-order valence-corrected chi connectivity index (χ4v) is 6.90. The maximum absolute atomic E-state index is 13.3. The quantitative estimate of drug-likeness (QED) is 0.167. The molecule has 45 heavy (non-hydrogen) atoms. The van der Waals surface area contributed by atoms with E-state index in [1.54, 1.807) is 23.5 Å². The topological polar surface area (TPSA) is 76.4 Å². The van der Waals surface area contributed by atoms with Gasteiger partial charge in [-0.2, -0.15) is 13.2 Å². The third-order valence-electron chi connectivity index (χ3n) is 7.43. The number of nitrogens with zero attached hydrogens (tertiary/aromatic N) is 6. The van der Waals surface area contributed by atoms with E-state index in [4.69, 9.17) is 4.74 Å². The van der Waals surface area contributed by atoms with Crippen molar-refractivity contribution in [1.29, 1.82) is 0 Å². The van der Waals surface area contributed by atoms with E-state index >= 15 is 0 Å². The molecule has 0 radical (unpaired) electrons. The van der Waals surface area contributed by atoms with Crippen molar-refractivity contribution < 1.29 is 22.7 Å². The number of rotatable bonds is 9. The number of ether oxygens (including phenoxy) is 1. The molecule has 6 rings (SSSR count). The highest BCUT2D eigenvalue weighted by Crippen LogP contribution is 2.33. The van der Waals surface area contributed by atoms with Crippen LogP contribution in [0, 0.1) is 0 Å². The van der Waals surface area contributed by atoms with E-state index in [9.17, 15) is 18.0 Å². The van der Waals surface area contributed by atoms with Crippen LogP contribution < -0.4 is 9.64 Å². The number of thiazole rings is 1. The largest absolute Gasteiger partial charge is 0.495 e. The van der Waals surface area contributed by atoms with Gasteiger partial charge in [-0.05, 0) is 35.9 Å². The average Bonchev–Trinajstić information content (AvgIpc) is 3.70. The molecule has 0 unspecified atom stereocenters. The molecule has 0 N–H and O–H groups in total. The molecule has 232 valence electrons. The van der Waals surface area contributed by atoms with Crippen LogP contribution in [0.3, 0.4) is 0 Å². The molecule has 0 atom stereocenters. The predicted octanol–water partition coefficient (Wildman–Crippen LogP) is 6.60. The number of thioether (sulfide) groups is 1. The lowest BCUT2D eigenvalue weighted by molar-refractivity contribution is -0.137. The average molecular weight is 651 g/mol. The fourth-order valence-electron chi connectivity index (χ4n) is 5.15. The van der Waals surface area contributed by atoms with Gasteiger partial charge in [0.1, 0.15) is 22.3 Å². The second-order valence-electron chi connectivity index (χ2n) is 10.3. The minimum Gasteiger partial charge on any atom is -0.495 e. The van der Waals surface area contributed by atoms with Crippen molar-refractivity contribution in [3.05, 3.63) is 112 Å². The van der Waals surface area contributed by atoms with Crippen LogP contribution >= 0.6 is 23.1 Å². The molecule has 5 aromatic rings. The van der Waals surface area contributed by atoms with Crippen molar-refractivity contribution in [1.82, 2.24) is 24.6 Å². The summed E-state index contributed by atoms with van der Waals surface area (Å²) in [5.41, 5.74) is 2.12. The van der Waals surface area contributed by atoms with Gasteiger partial charge in [0.15, 0.2) is 5.16 Å². The van der Waals surface area contributed by atoms with E-state index in [-0.39, 0.29) is 5.91 Å². The predicted molar refractivity (Wildman–Crippen MR) is 168 cm³/mol. The van der Waals surface area contributed by atoms with E-state index in [1.165, 1.54) is 29.2 Å². The molecular formula is C32H29F3N6O2S2. The number of hydrogen-bond acceptors (Lipinski definition) is 8. The van der Waals surface area contributed by atoms with E-state index in [0.29, 0.717) is 60.6 Å². The number of carbonyl (C=O) groups is 1. The van der Waals surface area contributed by atoms with Gasteiger partial charge in [0.25, 0.3) is 5.91 Å². The molecule has 13 heteroatoms. The Labute approximate surface area is 266 Å². The molecule has 0 bridgehead atoms. The standard InChI is InChI=1S/C32H29F3N6O2S2/c1-43-27-13-6-5-12-26(27)41-28(18-22-8-3-2-4-9-22)37-38-31(41)45-21-29-36-25(20-44-29)30(42)40-16-14-39(15-17-40)24-11-7-10-23(19-24)32(33,34)35/h2-13,19-20H,14-18,21H2,1H3. The van der Waals surface area contributed by atoms with Crippen LogP contribution in [0.5, 0.6) is 5.75 Å².